The number of hydrogen-bond donors (Lipinski definition) is 1. The van der Waals surface area contributed by atoms with Gasteiger partial charge in [-0.15, -0.1) is 0 Å². The van der Waals surface area contributed by atoms with Crippen molar-refractivity contribution in [1.82, 2.24) is 25.0 Å². The quantitative estimate of drug-likeness (QED) is 0.884. The summed E-state index contributed by atoms with van der Waals surface area (Å²) in [5.41, 5.74) is 3.03. The van der Waals surface area contributed by atoms with Crippen LogP contribution in [-0.4, -0.2) is 62.6 Å². The van der Waals surface area contributed by atoms with Gasteiger partial charge in [-0.05, 0) is 49.7 Å². The summed E-state index contributed by atoms with van der Waals surface area (Å²) in [6, 6.07) is 9.84. The van der Waals surface area contributed by atoms with Gasteiger partial charge >= 0.3 is 0 Å². The summed E-state index contributed by atoms with van der Waals surface area (Å²) in [4.78, 5) is 22.2. The number of amides is 1. The molecule has 3 aliphatic heterocycles. The van der Waals surface area contributed by atoms with Crippen LogP contribution in [0.5, 0.6) is 0 Å². The van der Waals surface area contributed by atoms with Gasteiger partial charge in [-0.25, -0.2) is 4.98 Å². The lowest BCUT2D eigenvalue weighted by Crippen LogP contribution is -2.48. The molecule has 4 heterocycles. The maximum Gasteiger partial charge on any atom is 0.223 e. The summed E-state index contributed by atoms with van der Waals surface area (Å²) < 4.78 is 0. The van der Waals surface area contributed by atoms with Crippen LogP contribution >= 0.6 is 0 Å². The molecule has 148 valence electrons. The molecular weight excluding hydrogens is 350 g/mol. The van der Waals surface area contributed by atoms with Crippen LogP contribution in [0.25, 0.3) is 0 Å². The van der Waals surface area contributed by atoms with E-state index in [4.69, 9.17) is 0 Å². The molecule has 2 bridgehead atoms. The first-order valence-electron chi connectivity index (χ1n) is 10.6. The minimum absolute atomic E-state index is 0.272. The first-order chi connectivity index (χ1) is 13.7. The van der Waals surface area contributed by atoms with E-state index in [1.54, 1.807) is 0 Å². The lowest BCUT2D eigenvalue weighted by atomic mass is 9.94. The maximum atomic E-state index is 13.0. The molecule has 6 heteroatoms. The lowest BCUT2D eigenvalue weighted by molar-refractivity contribution is -0.135. The number of piperidine rings is 1. The SMILES string of the molecule is Cc1nc(CCC(=O)N2C[C@H]3CC[C@@H]2CN(C2Cc4ccccc4C2)C3)n[nH]1. The Morgan fingerprint density at radius 1 is 1.11 bits per heavy atom. The molecule has 1 aromatic heterocycles. The summed E-state index contributed by atoms with van der Waals surface area (Å²) in [7, 11) is 0. The number of carbonyl (C=O) groups is 1. The number of hydrogen-bond acceptors (Lipinski definition) is 4. The lowest BCUT2D eigenvalue weighted by Gasteiger charge is -2.36. The Labute approximate surface area is 166 Å². The van der Waals surface area contributed by atoms with Gasteiger partial charge in [0.2, 0.25) is 5.91 Å². The predicted molar refractivity (Wildman–Crippen MR) is 107 cm³/mol. The Balaban J connectivity index is 1.23. The highest BCUT2D eigenvalue weighted by Gasteiger charge is 2.39. The van der Waals surface area contributed by atoms with Crippen LogP contribution in [0.2, 0.25) is 0 Å². The third-order valence-electron chi connectivity index (χ3n) is 6.81. The van der Waals surface area contributed by atoms with Gasteiger partial charge < -0.3 is 4.90 Å². The maximum absolute atomic E-state index is 13.0. The fraction of sp³-hybridized carbons (Fsp3) is 0.591. The van der Waals surface area contributed by atoms with Crippen LogP contribution in [-0.2, 0) is 24.1 Å². The molecule has 0 saturated carbocycles. The predicted octanol–water partition coefficient (Wildman–Crippen LogP) is 2.14. The molecule has 1 amide bonds. The van der Waals surface area contributed by atoms with Crippen LogP contribution in [0.3, 0.4) is 0 Å². The fourth-order valence-corrected chi connectivity index (χ4v) is 5.38. The van der Waals surface area contributed by atoms with Gasteiger partial charge in [0.1, 0.15) is 5.82 Å². The molecule has 1 aromatic carbocycles. The summed E-state index contributed by atoms with van der Waals surface area (Å²) in [6.45, 7) is 4.98. The Hall–Kier alpha value is -2.21. The number of rotatable bonds is 4. The molecule has 6 rings (SSSR count). The molecular formula is C22H29N5O. The van der Waals surface area contributed by atoms with Crippen molar-refractivity contribution >= 4 is 5.91 Å². The Morgan fingerprint density at radius 3 is 2.61 bits per heavy atom. The third kappa shape index (κ3) is 3.46. The van der Waals surface area contributed by atoms with Crippen molar-refractivity contribution in [3.05, 3.63) is 47.0 Å². The van der Waals surface area contributed by atoms with Crippen LogP contribution in [0.1, 0.15) is 42.0 Å². The minimum Gasteiger partial charge on any atom is -0.338 e. The van der Waals surface area contributed by atoms with Crippen molar-refractivity contribution in [1.29, 1.82) is 0 Å². The Kier molecular flexibility index (Phi) is 4.67. The monoisotopic (exact) mass is 379 g/mol. The van der Waals surface area contributed by atoms with E-state index in [1.165, 1.54) is 17.5 Å². The number of nitrogens with zero attached hydrogens (tertiary/aromatic N) is 4. The van der Waals surface area contributed by atoms with Crippen molar-refractivity contribution < 1.29 is 4.79 Å². The molecule has 6 nitrogen and oxygen atoms in total. The third-order valence-corrected chi connectivity index (χ3v) is 6.81. The van der Waals surface area contributed by atoms with Crippen LogP contribution in [0.15, 0.2) is 24.3 Å². The number of aromatic amines is 1. The number of aromatic nitrogens is 3. The van der Waals surface area contributed by atoms with Crippen LogP contribution in [0, 0.1) is 12.8 Å². The van der Waals surface area contributed by atoms with Gasteiger partial charge in [0.05, 0.1) is 0 Å². The van der Waals surface area contributed by atoms with Crippen molar-refractivity contribution in [2.75, 3.05) is 19.6 Å². The van der Waals surface area contributed by atoms with E-state index >= 15 is 0 Å². The molecule has 0 unspecified atom stereocenters. The largest absolute Gasteiger partial charge is 0.338 e. The standard InChI is InChI=1S/C22H29N5O/c1-15-23-21(25-24-15)8-9-22(28)27-13-16-6-7-19(27)14-26(12-16)20-10-17-4-2-3-5-18(17)11-20/h2-5,16,19-20H,6-14H2,1H3,(H,23,24,25)/t16-,19+/m0/s1. The minimum atomic E-state index is 0.272. The number of nitrogens with one attached hydrogen (secondary N) is 1. The first-order valence-corrected chi connectivity index (χ1v) is 10.6. The van der Waals surface area contributed by atoms with Gasteiger partial charge in [-0.2, -0.15) is 5.10 Å². The zero-order valence-electron chi connectivity index (χ0n) is 16.6. The second kappa shape index (κ2) is 7.32. The average Bonchev–Trinajstić information content (AvgIpc) is 3.21. The molecule has 28 heavy (non-hydrogen) atoms. The average molecular weight is 380 g/mol. The Morgan fingerprint density at radius 2 is 1.89 bits per heavy atom. The van der Waals surface area contributed by atoms with E-state index < -0.39 is 0 Å². The van der Waals surface area contributed by atoms with E-state index in [9.17, 15) is 4.79 Å². The van der Waals surface area contributed by atoms with Crippen molar-refractivity contribution in [2.45, 2.75) is 57.5 Å². The normalized spacial score (nSPS) is 25.1. The number of carbonyl (C=O) groups excluding carboxylic acids is 1. The second-order valence-electron chi connectivity index (χ2n) is 8.77. The van der Waals surface area contributed by atoms with E-state index in [1.807, 2.05) is 6.92 Å². The van der Waals surface area contributed by atoms with E-state index in [-0.39, 0.29) is 5.91 Å². The first kappa shape index (κ1) is 17.9. The topological polar surface area (TPSA) is 65.1 Å². The van der Waals surface area contributed by atoms with Crippen molar-refractivity contribution in [3.63, 3.8) is 0 Å². The molecule has 0 radical (unpaired) electrons. The number of benzene rings is 1. The van der Waals surface area contributed by atoms with Crippen molar-refractivity contribution in [3.8, 4) is 0 Å². The molecule has 3 saturated heterocycles. The highest BCUT2D eigenvalue weighted by molar-refractivity contribution is 5.77. The zero-order valence-corrected chi connectivity index (χ0v) is 16.6. The Bertz CT molecular complexity index is 837. The molecule has 1 aliphatic carbocycles. The summed E-state index contributed by atoms with van der Waals surface area (Å²) in [6.07, 6.45) is 5.85. The second-order valence-corrected chi connectivity index (χ2v) is 8.77. The summed E-state index contributed by atoms with van der Waals surface area (Å²) in [5, 5.41) is 7.03. The summed E-state index contributed by atoms with van der Waals surface area (Å²) in [5.74, 6) is 2.44. The summed E-state index contributed by atoms with van der Waals surface area (Å²) >= 11 is 0. The van der Waals surface area contributed by atoms with Crippen molar-refractivity contribution in [2.24, 2.45) is 5.92 Å². The highest BCUT2D eigenvalue weighted by atomic mass is 16.2. The van der Waals surface area contributed by atoms with Crippen LogP contribution in [0.4, 0.5) is 0 Å². The smallest absolute Gasteiger partial charge is 0.223 e. The van der Waals surface area contributed by atoms with Gasteiger partial charge in [0.25, 0.3) is 0 Å². The molecule has 0 spiro atoms. The highest BCUT2D eigenvalue weighted by Crippen LogP contribution is 2.33. The van der Waals surface area contributed by atoms with Gasteiger partial charge in [-0.1, -0.05) is 24.3 Å². The molecule has 1 N–H and O–H groups in total. The number of aryl methyl sites for hydroxylation is 2. The molecule has 2 atom stereocenters. The number of fused-ring (bicyclic) bond motifs is 5. The van der Waals surface area contributed by atoms with Crippen LogP contribution < -0.4 is 0 Å². The van der Waals surface area contributed by atoms with Gasteiger partial charge in [0, 0.05) is 44.6 Å². The molecule has 3 fully saturated rings. The fourth-order valence-electron chi connectivity index (χ4n) is 5.38. The molecule has 2 aromatic rings. The zero-order chi connectivity index (χ0) is 19.1. The van der Waals surface area contributed by atoms with E-state index in [0.717, 1.165) is 50.5 Å². The van der Waals surface area contributed by atoms with E-state index in [0.29, 0.717) is 30.8 Å². The van der Waals surface area contributed by atoms with E-state index in [2.05, 4.69) is 49.2 Å². The number of H-pyrrole nitrogens is 1. The van der Waals surface area contributed by atoms with Gasteiger partial charge in [-0.3, -0.25) is 14.8 Å². The van der Waals surface area contributed by atoms with Gasteiger partial charge in [0.15, 0.2) is 5.82 Å². The molecule has 4 aliphatic rings.